The maximum atomic E-state index is 9.72. The molecule has 14 heavy (non-hydrogen) atoms. The van der Waals surface area contributed by atoms with Crippen molar-refractivity contribution in [2.24, 2.45) is 4.99 Å². The van der Waals surface area contributed by atoms with Gasteiger partial charge in [0.25, 0.3) is 0 Å². The summed E-state index contributed by atoms with van der Waals surface area (Å²) in [6.45, 7) is 6.58. The van der Waals surface area contributed by atoms with Gasteiger partial charge in [-0.05, 0) is 6.92 Å². The number of terminal acetylenes is 1. The molecule has 4 heteroatoms. The van der Waals surface area contributed by atoms with Crippen LogP contribution in [0.15, 0.2) is 4.99 Å². The molecule has 0 aromatic rings. The first kappa shape index (κ1) is 18.2. The third-order valence-electron chi connectivity index (χ3n) is 0.526. The smallest absolute Gasteiger partial charge is 0.383 e. The summed E-state index contributed by atoms with van der Waals surface area (Å²) < 4.78 is 4.02. The molecule has 80 valence electrons. The zero-order valence-electron chi connectivity index (χ0n) is 9.16. The van der Waals surface area contributed by atoms with Crippen LogP contribution in [0.25, 0.3) is 0 Å². The Morgan fingerprint density at radius 1 is 1.43 bits per heavy atom. The Morgan fingerprint density at radius 3 is 1.86 bits per heavy atom. The number of nitrogens with zero attached hydrogens (tertiary/aromatic N) is 1. The number of methoxy groups -OCH3 is 1. The summed E-state index contributed by atoms with van der Waals surface area (Å²) in [4.78, 5) is 22.0. The van der Waals surface area contributed by atoms with Crippen LogP contribution in [0.5, 0.6) is 0 Å². The van der Waals surface area contributed by atoms with Gasteiger partial charge in [-0.15, -0.1) is 6.42 Å². The molecule has 0 aliphatic carbocycles. The molecule has 0 saturated carbocycles. The molecule has 4 nitrogen and oxygen atoms in total. The molecule has 0 N–H and O–H groups in total. The minimum Gasteiger partial charge on any atom is -0.459 e. The van der Waals surface area contributed by atoms with E-state index in [1.165, 1.54) is 19.6 Å². The van der Waals surface area contributed by atoms with Gasteiger partial charge in [-0.2, -0.15) is 0 Å². The maximum Gasteiger partial charge on any atom is 0.383 e. The molecule has 0 spiro atoms. The summed E-state index contributed by atoms with van der Waals surface area (Å²) in [6.07, 6.45) is 7.20. The first-order chi connectivity index (χ1) is 6.64. The molecule has 0 fully saturated rings. The molecule has 0 saturated heterocycles. The van der Waals surface area contributed by atoms with Gasteiger partial charge < -0.3 is 4.74 Å². The maximum absolute atomic E-state index is 9.72. The molecule has 0 aromatic carbocycles. The van der Waals surface area contributed by atoms with Gasteiger partial charge in [0.05, 0.1) is 7.11 Å². The highest BCUT2D eigenvalue weighted by Gasteiger charge is 1.82. The number of carbonyl (C=O) groups excluding carboxylic acids is 2. The van der Waals surface area contributed by atoms with Crippen LogP contribution in [0.3, 0.4) is 0 Å². The second-order valence-electron chi connectivity index (χ2n) is 1.91. The number of hydrogen-bond donors (Lipinski definition) is 0. The van der Waals surface area contributed by atoms with Crippen molar-refractivity contribution in [3.05, 3.63) is 0 Å². The van der Waals surface area contributed by atoms with Crippen molar-refractivity contribution < 1.29 is 14.3 Å². The van der Waals surface area contributed by atoms with Crippen LogP contribution in [0.2, 0.25) is 0 Å². The number of ether oxygens (including phenoxy) is 1. The van der Waals surface area contributed by atoms with Gasteiger partial charge >= 0.3 is 5.97 Å². The van der Waals surface area contributed by atoms with Crippen molar-refractivity contribution in [2.75, 3.05) is 13.7 Å². The molecule has 0 unspecified atom stereocenters. The SMILES string of the molecule is C#CC(=O)OC.CCC.CCN=C=O. The minimum atomic E-state index is -0.630. The van der Waals surface area contributed by atoms with E-state index in [0.29, 0.717) is 6.54 Å². The van der Waals surface area contributed by atoms with Crippen molar-refractivity contribution in [3.8, 4) is 12.3 Å². The van der Waals surface area contributed by atoms with Crippen LogP contribution in [0.1, 0.15) is 27.2 Å². The topological polar surface area (TPSA) is 55.7 Å². The first-order valence-electron chi connectivity index (χ1n) is 4.22. The van der Waals surface area contributed by atoms with E-state index in [1.807, 2.05) is 0 Å². The number of hydrogen-bond acceptors (Lipinski definition) is 4. The normalized spacial score (nSPS) is 5.93. The largest absolute Gasteiger partial charge is 0.459 e. The Kier molecular flexibility index (Phi) is 29.3. The van der Waals surface area contributed by atoms with E-state index in [9.17, 15) is 4.79 Å². The molecule has 0 aliphatic heterocycles. The number of isocyanates is 1. The summed E-state index contributed by atoms with van der Waals surface area (Å²) in [5, 5.41) is 0. The summed E-state index contributed by atoms with van der Waals surface area (Å²) in [6, 6.07) is 0. The molecular weight excluding hydrogens is 182 g/mol. The second kappa shape index (κ2) is 22.5. The van der Waals surface area contributed by atoms with Crippen LogP contribution in [-0.2, 0) is 14.3 Å². The number of esters is 1. The van der Waals surface area contributed by atoms with E-state index in [1.54, 1.807) is 12.8 Å². The minimum absolute atomic E-state index is 0.545. The van der Waals surface area contributed by atoms with Crippen molar-refractivity contribution in [2.45, 2.75) is 27.2 Å². The number of carbonyl (C=O) groups is 1. The highest BCUT2D eigenvalue weighted by molar-refractivity contribution is 5.87. The van der Waals surface area contributed by atoms with E-state index in [0.717, 1.165) is 0 Å². The molecule has 0 heterocycles. The predicted molar refractivity (Wildman–Crippen MR) is 55.5 cm³/mol. The fraction of sp³-hybridized carbons (Fsp3) is 0.600. The van der Waals surface area contributed by atoms with Crippen LogP contribution < -0.4 is 0 Å². The Labute approximate surface area is 85.4 Å². The van der Waals surface area contributed by atoms with Gasteiger partial charge in [-0.25, -0.2) is 14.6 Å². The van der Waals surface area contributed by atoms with Gasteiger partial charge in [-0.1, -0.05) is 20.3 Å². The lowest BCUT2D eigenvalue weighted by molar-refractivity contribution is -0.133. The monoisotopic (exact) mass is 199 g/mol. The van der Waals surface area contributed by atoms with Gasteiger partial charge in [-0.3, -0.25) is 0 Å². The fourth-order valence-electron chi connectivity index (χ4n) is 0.123. The van der Waals surface area contributed by atoms with Crippen molar-refractivity contribution in [1.29, 1.82) is 0 Å². The predicted octanol–water partition coefficient (Wildman–Crippen LogP) is 1.55. The molecule has 0 radical (unpaired) electrons. The molecule has 0 rings (SSSR count). The Hall–Kier alpha value is -1.59. The van der Waals surface area contributed by atoms with E-state index in [-0.39, 0.29) is 0 Å². The van der Waals surface area contributed by atoms with E-state index in [2.05, 4.69) is 30.0 Å². The lowest BCUT2D eigenvalue weighted by atomic mass is 10.6. The molecule has 0 bridgehead atoms. The molecule has 0 atom stereocenters. The van der Waals surface area contributed by atoms with E-state index in [4.69, 9.17) is 4.79 Å². The Bertz CT molecular complexity index is 200. The number of rotatable bonds is 1. The zero-order chi connectivity index (χ0) is 11.8. The van der Waals surface area contributed by atoms with Crippen LogP contribution in [0, 0.1) is 12.3 Å². The van der Waals surface area contributed by atoms with E-state index < -0.39 is 5.97 Å². The van der Waals surface area contributed by atoms with Gasteiger partial charge in [0.15, 0.2) is 0 Å². The average molecular weight is 199 g/mol. The fourth-order valence-corrected chi connectivity index (χ4v) is 0.123. The Balaban J connectivity index is -0.000000138. The highest BCUT2D eigenvalue weighted by atomic mass is 16.5. The second-order valence-corrected chi connectivity index (χ2v) is 1.91. The summed E-state index contributed by atoms with van der Waals surface area (Å²) in [5.74, 6) is 1.12. The third kappa shape index (κ3) is 47.4. The van der Waals surface area contributed by atoms with Gasteiger partial charge in [0.2, 0.25) is 6.08 Å². The molecule has 0 aliphatic rings. The molecule has 0 amide bonds. The van der Waals surface area contributed by atoms with Gasteiger partial charge in [0, 0.05) is 12.5 Å². The zero-order valence-corrected chi connectivity index (χ0v) is 9.16. The highest BCUT2D eigenvalue weighted by Crippen LogP contribution is 1.61. The quantitative estimate of drug-likeness (QED) is 0.212. The van der Waals surface area contributed by atoms with Crippen LogP contribution >= 0.6 is 0 Å². The standard InChI is InChI=1S/C4H4O2.C3H5NO.C3H8/c1-3-4(5)6-2;1-2-4-3-5;1-3-2/h1H,2H3;2H2,1H3;3H2,1-2H3. The lowest BCUT2D eigenvalue weighted by Gasteiger charge is -1.80. The van der Waals surface area contributed by atoms with E-state index >= 15 is 0 Å². The van der Waals surface area contributed by atoms with Gasteiger partial charge in [0.1, 0.15) is 0 Å². The summed E-state index contributed by atoms with van der Waals surface area (Å²) >= 11 is 0. The first-order valence-corrected chi connectivity index (χ1v) is 4.22. The van der Waals surface area contributed by atoms with Crippen LogP contribution in [0.4, 0.5) is 0 Å². The lowest BCUT2D eigenvalue weighted by Crippen LogP contribution is -1.92. The van der Waals surface area contributed by atoms with Crippen molar-refractivity contribution in [1.82, 2.24) is 0 Å². The molecular formula is C10H17NO3. The van der Waals surface area contributed by atoms with Crippen molar-refractivity contribution in [3.63, 3.8) is 0 Å². The molecule has 0 aromatic heterocycles. The summed E-state index contributed by atoms with van der Waals surface area (Å²) in [7, 11) is 1.24. The third-order valence-corrected chi connectivity index (χ3v) is 0.526. The average Bonchev–Trinajstić information content (AvgIpc) is 2.20. The van der Waals surface area contributed by atoms with Crippen molar-refractivity contribution >= 4 is 12.0 Å². The van der Waals surface area contributed by atoms with Crippen LogP contribution in [-0.4, -0.2) is 25.7 Å². The Morgan fingerprint density at radius 2 is 1.86 bits per heavy atom. The number of aliphatic imine (C=N–C) groups is 1. The summed E-state index contributed by atoms with van der Waals surface area (Å²) in [5.41, 5.74) is 0.